The van der Waals surface area contributed by atoms with Crippen molar-refractivity contribution >= 4 is 0 Å². The Balaban J connectivity index is 2.41. The number of aryl methyl sites for hydroxylation is 1. The molecule has 1 aromatic rings. The van der Waals surface area contributed by atoms with E-state index in [-0.39, 0.29) is 6.23 Å². The van der Waals surface area contributed by atoms with E-state index in [4.69, 9.17) is 0 Å². The molecule has 1 unspecified atom stereocenters. The van der Waals surface area contributed by atoms with Crippen LogP contribution in [0.3, 0.4) is 0 Å². The molecule has 0 fully saturated rings. The van der Waals surface area contributed by atoms with E-state index < -0.39 is 0 Å². The molecule has 0 aliphatic carbocycles. The van der Waals surface area contributed by atoms with E-state index in [9.17, 15) is 5.11 Å². The Kier molecular flexibility index (Phi) is 3.93. The third-order valence-electron chi connectivity index (χ3n) is 2.05. The van der Waals surface area contributed by atoms with Crippen LogP contribution in [0.5, 0.6) is 0 Å². The Hall–Kier alpha value is -0.860. The van der Waals surface area contributed by atoms with E-state index in [1.165, 1.54) is 11.1 Å². The summed E-state index contributed by atoms with van der Waals surface area (Å²) in [5.74, 6) is 0. The molecular formula is C11H17NO. The van der Waals surface area contributed by atoms with Crippen LogP contribution in [-0.4, -0.2) is 11.3 Å². The van der Waals surface area contributed by atoms with Gasteiger partial charge in [-0.1, -0.05) is 36.8 Å². The zero-order valence-electron chi connectivity index (χ0n) is 8.25. The monoisotopic (exact) mass is 179 g/mol. The van der Waals surface area contributed by atoms with Crippen molar-refractivity contribution in [3.05, 3.63) is 35.4 Å². The summed E-state index contributed by atoms with van der Waals surface area (Å²) >= 11 is 0. The Labute approximate surface area is 79.6 Å². The minimum absolute atomic E-state index is 0.388. The number of aliphatic hydroxyl groups is 1. The smallest absolute Gasteiger partial charge is 0.104 e. The first-order valence-corrected chi connectivity index (χ1v) is 4.69. The average molecular weight is 179 g/mol. The molecule has 72 valence electrons. The number of hydrogen-bond donors (Lipinski definition) is 2. The maximum Gasteiger partial charge on any atom is 0.104 e. The standard InChI is InChI=1S/C11H17NO/c1-3-11(13)12-8-10-6-4-9(2)5-7-10/h4-7,11-13H,3,8H2,1-2H3. The van der Waals surface area contributed by atoms with Crippen LogP contribution >= 0.6 is 0 Å². The van der Waals surface area contributed by atoms with Gasteiger partial charge in [0.15, 0.2) is 0 Å². The van der Waals surface area contributed by atoms with Crippen LogP contribution < -0.4 is 5.32 Å². The summed E-state index contributed by atoms with van der Waals surface area (Å²) in [7, 11) is 0. The van der Waals surface area contributed by atoms with Crippen LogP contribution in [0.25, 0.3) is 0 Å². The molecule has 0 aliphatic rings. The van der Waals surface area contributed by atoms with Crippen molar-refractivity contribution in [3.63, 3.8) is 0 Å². The van der Waals surface area contributed by atoms with Gasteiger partial charge in [0.2, 0.25) is 0 Å². The van der Waals surface area contributed by atoms with Crippen molar-refractivity contribution in [1.29, 1.82) is 0 Å². The van der Waals surface area contributed by atoms with E-state index in [1.807, 2.05) is 6.92 Å². The van der Waals surface area contributed by atoms with Gasteiger partial charge in [0.1, 0.15) is 6.23 Å². The van der Waals surface area contributed by atoms with Crippen molar-refractivity contribution in [2.24, 2.45) is 0 Å². The molecule has 0 heterocycles. The summed E-state index contributed by atoms with van der Waals surface area (Å²) in [6.45, 7) is 4.75. The highest BCUT2D eigenvalue weighted by molar-refractivity contribution is 5.21. The fourth-order valence-electron chi connectivity index (χ4n) is 1.09. The zero-order valence-corrected chi connectivity index (χ0v) is 8.25. The summed E-state index contributed by atoms with van der Waals surface area (Å²) in [4.78, 5) is 0. The number of benzene rings is 1. The summed E-state index contributed by atoms with van der Waals surface area (Å²) in [5, 5.41) is 12.3. The molecule has 0 spiro atoms. The minimum atomic E-state index is -0.388. The maximum absolute atomic E-state index is 9.26. The lowest BCUT2D eigenvalue weighted by atomic mass is 10.1. The Morgan fingerprint density at radius 3 is 2.46 bits per heavy atom. The van der Waals surface area contributed by atoms with Crippen molar-refractivity contribution in [1.82, 2.24) is 5.32 Å². The van der Waals surface area contributed by atoms with Gasteiger partial charge >= 0.3 is 0 Å². The van der Waals surface area contributed by atoms with Gasteiger partial charge in [-0.3, -0.25) is 5.32 Å². The van der Waals surface area contributed by atoms with Gasteiger partial charge in [-0.05, 0) is 18.9 Å². The second kappa shape index (κ2) is 5.00. The second-order valence-electron chi connectivity index (χ2n) is 3.29. The van der Waals surface area contributed by atoms with Gasteiger partial charge in [-0.25, -0.2) is 0 Å². The molecular weight excluding hydrogens is 162 g/mol. The van der Waals surface area contributed by atoms with Crippen LogP contribution in [0, 0.1) is 6.92 Å². The fourth-order valence-corrected chi connectivity index (χ4v) is 1.09. The predicted octanol–water partition coefficient (Wildman–Crippen LogP) is 1.81. The van der Waals surface area contributed by atoms with E-state index in [0.29, 0.717) is 0 Å². The molecule has 0 radical (unpaired) electrons. The van der Waals surface area contributed by atoms with Crippen LogP contribution in [0.15, 0.2) is 24.3 Å². The highest BCUT2D eigenvalue weighted by Gasteiger charge is 1.98. The fraction of sp³-hybridized carbons (Fsp3) is 0.455. The molecule has 1 rings (SSSR count). The van der Waals surface area contributed by atoms with Crippen LogP contribution in [0.4, 0.5) is 0 Å². The second-order valence-corrected chi connectivity index (χ2v) is 3.29. The summed E-state index contributed by atoms with van der Waals surface area (Å²) < 4.78 is 0. The lowest BCUT2D eigenvalue weighted by Crippen LogP contribution is -2.27. The molecule has 1 atom stereocenters. The number of hydrogen-bond acceptors (Lipinski definition) is 2. The molecule has 2 N–H and O–H groups in total. The van der Waals surface area contributed by atoms with Gasteiger partial charge in [0, 0.05) is 6.54 Å². The van der Waals surface area contributed by atoms with E-state index in [2.05, 4.69) is 36.5 Å². The normalized spacial score (nSPS) is 12.8. The van der Waals surface area contributed by atoms with E-state index in [0.717, 1.165) is 13.0 Å². The molecule has 0 amide bonds. The van der Waals surface area contributed by atoms with Gasteiger partial charge < -0.3 is 5.11 Å². The average Bonchev–Trinajstić information content (AvgIpc) is 2.16. The molecule has 0 saturated carbocycles. The third kappa shape index (κ3) is 3.57. The highest BCUT2D eigenvalue weighted by Crippen LogP contribution is 2.02. The van der Waals surface area contributed by atoms with Crippen LogP contribution in [-0.2, 0) is 6.54 Å². The predicted molar refractivity (Wildman–Crippen MR) is 54.3 cm³/mol. The minimum Gasteiger partial charge on any atom is -0.379 e. The summed E-state index contributed by atoms with van der Waals surface area (Å²) in [6.07, 6.45) is 0.354. The first-order chi connectivity index (χ1) is 6.22. The number of rotatable bonds is 4. The topological polar surface area (TPSA) is 32.3 Å². The third-order valence-corrected chi connectivity index (χ3v) is 2.05. The largest absolute Gasteiger partial charge is 0.379 e. The molecule has 0 aromatic heterocycles. The van der Waals surface area contributed by atoms with Crippen molar-refractivity contribution in [2.75, 3.05) is 0 Å². The molecule has 13 heavy (non-hydrogen) atoms. The van der Waals surface area contributed by atoms with Gasteiger partial charge in [-0.15, -0.1) is 0 Å². The summed E-state index contributed by atoms with van der Waals surface area (Å²) in [5.41, 5.74) is 2.47. The molecule has 2 nitrogen and oxygen atoms in total. The summed E-state index contributed by atoms with van der Waals surface area (Å²) in [6, 6.07) is 8.31. The first kappa shape index (κ1) is 10.2. The first-order valence-electron chi connectivity index (χ1n) is 4.69. The Bertz CT molecular complexity index is 243. The van der Waals surface area contributed by atoms with Gasteiger partial charge in [0.25, 0.3) is 0 Å². The van der Waals surface area contributed by atoms with Crippen LogP contribution in [0.1, 0.15) is 24.5 Å². The van der Waals surface area contributed by atoms with E-state index in [1.54, 1.807) is 0 Å². The molecule has 2 heteroatoms. The lowest BCUT2D eigenvalue weighted by Gasteiger charge is -2.10. The quantitative estimate of drug-likeness (QED) is 0.691. The highest BCUT2D eigenvalue weighted by atomic mass is 16.3. The molecule has 0 bridgehead atoms. The SMILES string of the molecule is CCC(O)NCc1ccc(C)cc1. The number of nitrogens with one attached hydrogen (secondary N) is 1. The van der Waals surface area contributed by atoms with Gasteiger partial charge in [0.05, 0.1) is 0 Å². The zero-order chi connectivity index (χ0) is 9.68. The Morgan fingerprint density at radius 1 is 1.31 bits per heavy atom. The molecule has 0 aliphatic heterocycles. The van der Waals surface area contributed by atoms with Crippen LogP contribution in [0.2, 0.25) is 0 Å². The Morgan fingerprint density at radius 2 is 1.92 bits per heavy atom. The number of aliphatic hydroxyl groups excluding tert-OH is 1. The van der Waals surface area contributed by atoms with Crippen molar-refractivity contribution in [2.45, 2.75) is 33.0 Å². The lowest BCUT2D eigenvalue weighted by molar-refractivity contribution is 0.131. The van der Waals surface area contributed by atoms with Crippen molar-refractivity contribution < 1.29 is 5.11 Å². The van der Waals surface area contributed by atoms with E-state index >= 15 is 0 Å². The van der Waals surface area contributed by atoms with Crippen molar-refractivity contribution in [3.8, 4) is 0 Å². The maximum atomic E-state index is 9.26. The van der Waals surface area contributed by atoms with Gasteiger partial charge in [-0.2, -0.15) is 0 Å². The molecule has 1 aromatic carbocycles. The molecule has 0 saturated heterocycles.